The molecule has 8 nitrogen and oxygen atoms in total. The SMILES string of the molecule is COc1ccc([N+](=O)[O-])cc1NC(=O)C[NH+](C)Cc1nc2ccccc2s1. The van der Waals surface area contributed by atoms with Crippen LogP contribution in [0.3, 0.4) is 0 Å². The molecular formula is C18H19N4O4S+. The van der Waals surface area contributed by atoms with Crippen LogP contribution in [0.2, 0.25) is 0 Å². The van der Waals surface area contributed by atoms with Gasteiger partial charge in [-0.25, -0.2) is 4.98 Å². The zero-order valence-electron chi connectivity index (χ0n) is 14.9. The Morgan fingerprint density at radius 3 is 2.81 bits per heavy atom. The molecule has 2 N–H and O–H groups in total. The molecule has 1 heterocycles. The number of methoxy groups -OCH3 is 1. The predicted octanol–water partition coefficient (Wildman–Crippen LogP) is 1.87. The topological polar surface area (TPSA) is 98.8 Å². The molecule has 0 fully saturated rings. The molecular weight excluding hydrogens is 368 g/mol. The number of nitro groups is 1. The molecule has 0 spiro atoms. The van der Waals surface area contributed by atoms with E-state index < -0.39 is 4.92 Å². The van der Waals surface area contributed by atoms with Crippen LogP contribution in [0.4, 0.5) is 11.4 Å². The van der Waals surface area contributed by atoms with Gasteiger partial charge in [0.1, 0.15) is 17.3 Å². The standard InChI is InChI=1S/C18H18N4O4S/c1-21(11-18-20-13-5-3-4-6-16(13)27-18)10-17(23)19-14-9-12(22(24)25)7-8-15(14)26-2/h3-9H,10-11H2,1-2H3,(H,19,23)/p+1. The van der Waals surface area contributed by atoms with E-state index in [1.165, 1.54) is 25.3 Å². The summed E-state index contributed by atoms with van der Waals surface area (Å²) in [5.41, 5.74) is 1.13. The van der Waals surface area contributed by atoms with Gasteiger partial charge < -0.3 is 15.0 Å². The number of anilines is 1. The summed E-state index contributed by atoms with van der Waals surface area (Å²) in [4.78, 5) is 28.3. The minimum atomic E-state index is -0.514. The van der Waals surface area contributed by atoms with E-state index in [4.69, 9.17) is 4.74 Å². The molecule has 0 saturated carbocycles. The molecule has 1 unspecified atom stereocenters. The summed E-state index contributed by atoms with van der Waals surface area (Å²) in [7, 11) is 3.34. The van der Waals surface area contributed by atoms with Crippen molar-refractivity contribution in [3.05, 3.63) is 57.6 Å². The summed E-state index contributed by atoms with van der Waals surface area (Å²) in [6.45, 7) is 0.806. The van der Waals surface area contributed by atoms with Crippen molar-refractivity contribution in [1.82, 2.24) is 4.98 Å². The number of ether oxygens (including phenoxy) is 1. The van der Waals surface area contributed by atoms with E-state index in [9.17, 15) is 14.9 Å². The van der Waals surface area contributed by atoms with Crippen molar-refractivity contribution in [2.24, 2.45) is 0 Å². The molecule has 2 aromatic carbocycles. The molecule has 0 aliphatic rings. The summed E-state index contributed by atoms with van der Waals surface area (Å²) >= 11 is 1.61. The average molecular weight is 387 g/mol. The van der Waals surface area contributed by atoms with Crippen molar-refractivity contribution in [2.45, 2.75) is 6.54 Å². The number of benzene rings is 2. The number of nitrogens with zero attached hydrogens (tertiary/aromatic N) is 2. The highest BCUT2D eigenvalue weighted by molar-refractivity contribution is 7.18. The van der Waals surface area contributed by atoms with Gasteiger partial charge in [0.05, 0.1) is 35.0 Å². The molecule has 3 rings (SSSR count). The number of hydrogen-bond acceptors (Lipinski definition) is 6. The fourth-order valence-corrected chi connectivity index (χ4v) is 3.77. The van der Waals surface area contributed by atoms with Crippen LogP contribution in [0.25, 0.3) is 10.2 Å². The number of para-hydroxylation sites is 1. The molecule has 0 radical (unpaired) electrons. The Labute approximate surface area is 159 Å². The van der Waals surface area contributed by atoms with Gasteiger partial charge >= 0.3 is 0 Å². The van der Waals surface area contributed by atoms with Gasteiger partial charge in [-0.2, -0.15) is 0 Å². The Balaban J connectivity index is 1.64. The molecule has 0 bridgehead atoms. The Hall–Kier alpha value is -3.04. The fraction of sp³-hybridized carbons (Fsp3) is 0.222. The number of thiazole rings is 1. The number of non-ortho nitro benzene ring substituents is 1. The minimum absolute atomic E-state index is 0.110. The third kappa shape index (κ3) is 4.57. The van der Waals surface area contributed by atoms with Crippen LogP contribution in [-0.2, 0) is 11.3 Å². The van der Waals surface area contributed by atoms with Crippen molar-refractivity contribution in [3.63, 3.8) is 0 Å². The van der Waals surface area contributed by atoms with Gasteiger partial charge in [0.25, 0.3) is 11.6 Å². The molecule has 3 aromatic rings. The summed E-state index contributed by atoms with van der Waals surface area (Å²) in [5, 5.41) is 14.6. The number of carbonyl (C=O) groups excluding carboxylic acids is 1. The monoisotopic (exact) mass is 387 g/mol. The first kappa shape index (κ1) is 18.7. The van der Waals surface area contributed by atoms with Gasteiger partial charge in [0.15, 0.2) is 6.54 Å². The van der Waals surface area contributed by atoms with Crippen LogP contribution >= 0.6 is 11.3 Å². The highest BCUT2D eigenvalue weighted by Crippen LogP contribution is 2.28. The van der Waals surface area contributed by atoms with Crippen LogP contribution in [0.15, 0.2) is 42.5 Å². The number of fused-ring (bicyclic) bond motifs is 1. The van der Waals surface area contributed by atoms with E-state index in [0.29, 0.717) is 12.3 Å². The summed E-state index contributed by atoms with van der Waals surface area (Å²) < 4.78 is 6.28. The molecule has 0 saturated heterocycles. The number of likely N-dealkylation sites (N-methyl/N-ethyl adjacent to an activating group) is 1. The van der Waals surface area contributed by atoms with Gasteiger partial charge in [-0.1, -0.05) is 12.1 Å². The number of carbonyl (C=O) groups is 1. The van der Waals surface area contributed by atoms with Crippen LogP contribution in [0.1, 0.15) is 5.01 Å². The molecule has 27 heavy (non-hydrogen) atoms. The van der Waals surface area contributed by atoms with Crippen LogP contribution in [0, 0.1) is 10.1 Å². The smallest absolute Gasteiger partial charge is 0.279 e. The second-order valence-corrected chi connectivity index (χ2v) is 7.19. The van der Waals surface area contributed by atoms with E-state index in [1.807, 2.05) is 31.3 Å². The molecule has 1 atom stereocenters. The lowest BCUT2D eigenvalue weighted by Crippen LogP contribution is -3.08. The fourth-order valence-electron chi connectivity index (χ4n) is 2.69. The second kappa shape index (κ2) is 8.11. The zero-order chi connectivity index (χ0) is 19.4. The number of amides is 1. The molecule has 1 amide bonds. The number of quaternary nitrogens is 1. The summed E-state index contributed by atoms with van der Waals surface area (Å²) in [6.07, 6.45) is 0. The Morgan fingerprint density at radius 2 is 2.11 bits per heavy atom. The predicted molar refractivity (Wildman–Crippen MR) is 103 cm³/mol. The maximum absolute atomic E-state index is 12.4. The van der Waals surface area contributed by atoms with Crippen molar-refractivity contribution < 1.29 is 19.4 Å². The van der Waals surface area contributed by atoms with Gasteiger partial charge in [0.2, 0.25) is 0 Å². The number of nitro benzene ring substituents is 1. The molecule has 0 aliphatic carbocycles. The molecule has 140 valence electrons. The van der Waals surface area contributed by atoms with Crippen molar-refractivity contribution in [1.29, 1.82) is 0 Å². The lowest BCUT2D eigenvalue weighted by molar-refractivity contribution is -0.885. The normalized spacial score (nSPS) is 11.9. The van der Waals surface area contributed by atoms with Gasteiger partial charge in [0, 0.05) is 12.1 Å². The largest absolute Gasteiger partial charge is 0.495 e. The summed E-state index contributed by atoms with van der Waals surface area (Å²) in [6, 6.07) is 12.0. The Bertz CT molecular complexity index is 955. The quantitative estimate of drug-likeness (QED) is 0.476. The van der Waals surface area contributed by atoms with E-state index in [1.54, 1.807) is 11.3 Å². The number of hydrogen-bond donors (Lipinski definition) is 2. The van der Waals surface area contributed by atoms with Gasteiger partial charge in [-0.3, -0.25) is 14.9 Å². The van der Waals surface area contributed by atoms with E-state index in [2.05, 4.69) is 10.3 Å². The van der Waals surface area contributed by atoms with Crippen molar-refractivity contribution in [2.75, 3.05) is 26.0 Å². The maximum atomic E-state index is 12.4. The highest BCUT2D eigenvalue weighted by atomic mass is 32.1. The van der Waals surface area contributed by atoms with E-state index >= 15 is 0 Å². The lowest BCUT2D eigenvalue weighted by Gasteiger charge is -2.13. The van der Waals surface area contributed by atoms with Crippen LogP contribution in [-0.4, -0.2) is 36.5 Å². The Morgan fingerprint density at radius 1 is 1.33 bits per heavy atom. The second-order valence-electron chi connectivity index (χ2n) is 6.08. The van der Waals surface area contributed by atoms with Crippen molar-refractivity contribution in [3.8, 4) is 5.75 Å². The highest BCUT2D eigenvalue weighted by Gasteiger charge is 2.17. The zero-order valence-corrected chi connectivity index (χ0v) is 15.7. The first-order chi connectivity index (χ1) is 13.0. The number of nitrogens with one attached hydrogen (secondary N) is 2. The molecule has 1 aromatic heterocycles. The first-order valence-corrected chi connectivity index (χ1v) is 9.06. The number of rotatable bonds is 7. The van der Waals surface area contributed by atoms with Crippen molar-refractivity contribution >= 4 is 38.8 Å². The van der Waals surface area contributed by atoms with E-state index in [-0.39, 0.29) is 23.8 Å². The number of aromatic nitrogens is 1. The third-order valence-corrected chi connectivity index (χ3v) is 4.96. The van der Waals surface area contributed by atoms with Crippen LogP contribution in [0.5, 0.6) is 5.75 Å². The van der Waals surface area contributed by atoms with Gasteiger partial charge in [-0.05, 0) is 18.2 Å². The van der Waals surface area contributed by atoms with E-state index in [0.717, 1.165) is 20.1 Å². The third-order valence-electron chi connectivity index (χ3n) is 3.92. The molecule has 9 heteroatoms. The minimum Gasteiger partial charge on any atom is -0.495 e. The maximum Gasteiger partial charge on any atom is 0.279 e. The average Bonchev–Trinajstić information content (AvgIpc) is 3.03. The summed E-state index contributed by atoms with van der Waals surface area (Å²) in [5.74, 6) is 0.116. The Kier molecular flexibility index (Phi) is 5.63. The first-order valence-electron chi connectivity index (χ1n) is 8.24. The van der Waals surface area contributed by atoms with Gasteiger partial charge in [-0.15, -0.1) is 11.3 Å². The molecule has 0 aliphatic heterocycles. The lowest BCUT2D eigenvalue weighted by atomic mass is 10.2. The van der Waals surface area contributed by atoms with Crippen LogP contribution < -0.4 is 15.0 Å².